The van der Waals surface area contributed by atoms with Crippen molar-refractivity contribution in [2.24, 2.45) is 0 Å². The normalized spacial score (nSPS) is 20.2. The Morgan fingerprint density at radius 1 is 0.905 bits per heavy atom. The van der Waals surface area contributed by atoms with Crippen LogP contribution in [0.2, 0.25) is 0 Å². The van der Waals surface area contributed by atoms with Gasteiger partial charge in [0.1, 0.15) is 0 Å². The Kier molecular flexibility index (Phi) is 3.00. The van der Waals surface area contributed by atoms with Crippen LogP contribution in [-0.4, -0.2) is 5.11 Å². The zero-order valence-electron chi connectivity index (χ0n) is 11.6. The highest BCUT2D eigenvalue weighted by Gasteiger charge is 2.30. The Morgan fingerprint density at radius 2 is 1.67 bits per heavy atom. The SMILES string of the molecule is S=C1NC2=C(CCc3ccccc32)[C@H](c2ccccc2)N1. The van der Waals surface area contributed by atoms with Gasteiger partial charge in [0.15, 0.2) is 5.11 Å². The summed E-state index contributed by atoms with van der Waals surface area (Å²) < 4.78 is 0. The summed E-state index contributed by atoms with van der Waals surface area (Å²) in [7, 11) is 0. The van der Waals surface area contributed by atoms with Gasteiger partial charge < -0.3 is 10.6 Å². The van der Waals surface area contributed by atoms with Crippen molar-refractivity contribution in [2.45, 2.75) is 18.9 Å². The van der Waals surface area contributed by atoms with Crippen molar-refractivity contribution in [1.29, 1.82) is 0 Å². The van der Waals surface area contributed by atoms with Crippen LogP contribution in [0.5, 0.6) is 0 Å². The topological polar surface area (TPSA) is 24.1 Å². The summed E-state index contributed by atoms with van der Waals surface area (Å²) in [4.78, 5) is 0. The Balaban J connectivity index is 1.86. The van der Waals surface area contributed by atoms with E-state index in [-0.39, 0.29) is 6.04 Å². The molecule has 3 heteroatoms. The Labute approximate surface area is 129 Å². The summed E-state index contributed by atoms with van der Waals surface area (Å²) in [6.07, 6.45) is 2.16. The van der Waals surface area contributed by atoms with Gasteiger partial charge in [-0.25, -0.2) is 0 Å². The fraction of sp³-hybridized carbons (Fsp3) is 0.167. The van der Waals surface area contributed by atoms with Gasteiger partial charge in [-0.15, -0.1) is 0 Å². The third kappa shape index (κ3) is 2.14. The highest BCUT2D eigenvalue weighted by Crippen LogP contribution is 2.38. The van der Waals surface area contributed by atoms with E-state index in [4.69, 9.17) is 12.2 Å². The maximum atomic E-state index is 5.42. The fourth-order valence-electron chi connectivity index (χ4n) is 3.28. The van der Waals surface area contributed by atoms with Crippen LogP contribution in [-0.2, 0) is 6.42 Å². The van der Waals surface area contributed by atoms with Crippen molar-refractivity contribution < 1.29 is 0 Å². The number of fused-ring (bicyclic) bond motifs is 2. The maximum absolute atomic E-state index is 5.42. The molecule has 104 valence electrons. The predicted octanol–water partition coefficient (Wildman–Crippen LogP) is 3.56. The molecule has 1 aliphatic heterocycles. The van der Waals surface area contributed by atoms with E-state index in [0.717, 1.165) is 12.8 Å². The van der Waals surface area contributed by atoms with E-state index in [1.54, 1.807) is 0 Å². The average Bonchev–Trinajstić information content (AvgIpc) is 2.55. The monoisotopic (exact) mass is 292 g/mol. The van der Waals surface area contributed by atoms with Gasteiger partial charge in [-0.05, 0) is 41.8 Å². The maximum Gasteiger partial charge on any atom is 0.171 e. The molecule has 1 heterocycles. The van der Waals surface area contributed by atoms with Gasteiger partial charge in [-0.1, -0.05) is 54.6 Å². The van der Waals surface area contributed by atoms with Crippen molar-refractivity contribution >= 4 is 23.0 Å². The van der Waals surface area contributed by atoms with Crippen LogP contribution in [0.3, 0.4) is 0 Å². The first kappa shape index (κ1) is 12.6. The second-order valence-electron chi connectivity index (χ2n) is 5.50. The summed E-state index contributed by atoms with van der Waals surface area (Å²) in [5.74, 6) is 0. The lowest BCUT2D eigenvalue weighted by Crippen LogP contribution is -2.44. The third-order valence-corrected chi connectivity index (χ3v) is 4.49. The summed E-state index contributed by atoms with van der Waals surface area (Å²) in [5.41, 5.74) is 6.58. The van der Waals surface area contributed by atoms with E-state index in [2.05, 4.69) is 59.2 Å². The number of rotatable bonds is 1. The van der Waals surface area contributed by atoms with E-state index in [1.165, 1.54) is 28.0 Å². The summed E-state index contributed by atoms with van der Waals surface area (Å²) in [6, 6.07) is 19.3. The zero-order chi connectivity index (χ0) is 14.2. The number of hydrogen-bond acceptors (Lipinski definition) is 1. The minimum atomic E-state index is 0.184. The van der Waals surface area contributed by atoms with Gasteiger partial charge in [-0.2, -0.15) is 0 Å². The standard InChI is InChI=1S/C18H16N2S/c21-18-19-16(13-7-2-1-3-8-13)15-11-10-12-6-4-5-9-14(12)17(15)20-18/h1-9,16H,10-11H2,(H2,19,20,21)/t16-/m0/s1. The first-order chi connectivity index (χ1) is 10.3. The molecule has 0 aromatic heterocycles. The molecule has 2 N–H and O–H groups in total. The van der Waals surface area contributed by atoms with Gasteiger partial charge in [0.2, 0.25) is 0 Å². The van der Waals surface area contributed by atoms with E-state index >= 15 is 0 Å². The molecule has 2 nitrogen and oxygen atoms in total. The average molecular weight is 292 g/mol. The molecule has 0 unspecified atom stereocenters. The lowest BCUT2D eigenvalue weighted by Gasteiger charge is -2.35. The van der Waals surface area contributed by atoms with Crippen molar-refractivity contribution in [3.05, 3.63) is 76.9 Å². The number of thiocarbonyl (C=S) groups is 1. The molecule has 0 saturated heterocycles. The summed E-state index contributed by atoms with van der Waals surface area (Å²) in [5, 5.41) is 7.51. The lowest BCUT2D eigenvalue weighted by molar-refractivity contribution is 0.667. The molecule has 1 aliphatic carbocycles. The molecule has 2 aromatic carbocycles. The van der Waals surface area contributed by atoms with E-state index in [9.17, 15) is 0 Å². The first-order valence-electron chi connectivity index (χ1n) is 7.27. The minimum Gasteiger partial charge on any atom is -0.352 e. The molecule has 0 amide bonds. The number of benzene rings is 2. The molecule has 4 rings (SSSR count). The molecule has 0 spiro atoms. The van der Waals surface area contributed by atoms with E-state index in [0.29, 0.717) is 5.11 Å². The third-order valence-electron chi connectivity index (χ3n) is 4.27. The van der Waals surface area contributed by atoms with Crippen molar-refractivity contribution in [3.8, 4) is 0 Å². The summed E-state index contributed by atoms with van der Waals surface area (Å²) in [6.45, 7) is 0. The fourth-order valence-corrected chi connectivity index (χ4v) is 3.50. The number of hydrogen-bond donors (Lipinski definition) is 2. The van der Waals surface area contributed by atoms with E-state index in [1.807, 2.05) is 6.07 Å². The summed E-state index contributed by atoms with van der Waals surface area (Å²) >= 11 is 5.42. The molecule has 1 atom stereocenters. The number of nitrogens with one attached hydrogen (secondary N) is 2. The molecule has 2 aromatic rings. The lowest BCUT2D eigenvalue weighted by atomic mass is 9.83. The second kappa shape index (κ2) is 5.01. The largest absolute Gasteiger partial charge is 0.352 e. The predicted molar refractivity (Wildman–Crippen MR) is 89.7 cm³/mol. The molecule has 2 aliphatic rings. The quantitative estimate of drug-likeness (QED) is 0.786. The van der Waals surface area contributed by atoms with Crippen LogP contribution in [0.15, 0.2) is 60.2 Å². The molecular weight excluding hydrogens is 276 g/mol. The first-order valence-corrected chi connectivity index (χ1v) is 7.67. The van der Waals surface area contributed by atoms with Crippen molar-refractivity contribution in [1.82, 2.24) is 10.6 Å². The van der Waals surface area contributed by atoms with Gasteiger partial charge in [0.05, 0.1) is 6.04 Å². The minimum absolute atomic E-state index is 0.184. The Bertz CT molecular complexity index is 734. The Morgan fingerprint density at radius 3 is 2.52 bits per heavy atom. The highest BCUT2D eigenvalue weighted by molar-refractivity contribution is 7.80. The van der Waals surface area contributed by atoms with Crippen molar-refractivity contribution in [2.75, 3.05) is 0 Å². The number of aryl methyl sites for hydroxylation is 1. The molecule has 0 radical (unpaired) electrons. The van der Waals surface area contributed by atoms with Crippen LogP contribution < -0.4 is 10.6 Å². The van der Waals surface area contributed by atoms with Gasteiger partial charge in [0, 0.05) is 11.3 Å². The van der Waals surface area contributed by atoms with Gasteiger partial charge in [-0.3, -0.25) is 0 Å². The van der Waals surface area contributed by atoms with Crippen LogP contribution >= 0.6 is 12.2 Å². The second-order valence-corrected chi connectivity index (χ2v) is 5.91. The molecule has 21 heavy (non-hydrogen) atoms. The molecule has 0 saturated carbocycles. The molecular formula is C18H16N2S. The van der Waals surface area contributed by atoms with Crippen molar-refractivity contribution in [3.63, 3.8) is 0 Å². The molecule has 0 bridgehead atoms. The highest BCUT2D eigenvalue weighted by atomic mass is 32.1. The van der Waals surface area contributed by atoms with Crippen LogP contribution in [0.4, 0.5) is 0 Å². The van der Waals surface area contributed by atoms with Gasteiger partial charge in [0.25, 0.3) is 0 Å². The Hall–Kier alpha value is -2.13. The van der Waals surface area contributed by atoms with Crippen LogP contribution in [0.1, 0.15) is 29.2 Å². The zero-order valence-corrected chi connectivity index (χ0v) is 12.4. The van der Waals surface area contributed by atoms with Gasteiger partial charge >= 0.3 is 0 Å². The smallest absolute Gasteiger partial charge is 0.171 e. The van der Waals surface area contributed by atoms with Crippen LogP contribution in [0, 0.1) is 0 Å². The van der Waals surface area contributed by atoms with Crippen LogP contribution in [0.25, 0.3) is 5.70 Å². The molecule has 0 fully saturated rings. The van der Waals surface area contributed by atoms with E-state index < -0.39 is 0 Å².